The van der Waals surface area contributed by atoms with Gasteiger partial charge < -0.3 is 5.11 Å². The molecule has 100 valence electrons. The highest BCUT2D eigenvalue weighted by Crippen LogP contribution is 2.26. The maximum Gasteiger partial charge on any atom is 0.336 e. The monoisotopic (exact) mass is 267 g/mol. The lowest BCUT2D eigenvalue weighted by Gasteiger charge is -2.05. The van der Waals surface area contributed by atoms with E-state index in [0.29, 0.717) is 22.4 Å². The maximum absolute atomic E-state index is 11.5. The van der Waals surface area contributed by atoms with Gasteiger partial charge in [0.1, 0.15) is 0 Å². The Labute approximate surface area is 115 Å². The molecule has 0 aliphatic heterocycles. The summed E-state index contributed by atoms with van der Waals surface area (Å²) in [6.45, 7) is 1.79. The van der Waals surface area contributed by atoms with E-state index < -0.39 is 5.97 Å². The third kappa shape index (κ3) is 1.84. The molecule has 1 aromatic carbocycles. The van der Waals surface area contributed by atoms with E-state index in [1.807, 2.05) is 30.3 Å². The molecule has 0 bridgehead atoms. The summed E-state index contributed by atoms with van der Waals surface area (Å²) in [7, 11) is 1.77. The lowest BCUT2D eigenvalue weighted by molar-refractivity contribution is 0.0699. The van der Waals surface area contributed by atoms with Crippen molar-refractivity contribution in [2.24, 2.45) is 7.05 Å². The number of carboxylic acids is 1. The van der Waals surface area contributed by atoms with Gasteiger partial charge in [0.05, 0.1) is 22.3 Å². The van der Waals surface area contributed by atoms with E-state index >= 15 is 0 Å². The van der Waals surface area contributed by atoms with Crippen LogP contribution in [-0.2, 0) is 7.05 Å². The Morgan fingerprint density at radius 1 is 1.25 bits per heavy atom. The largest absolute Gasteiger partial charge is 0.478 e. The number of benzene rings is 1. The average Bonchev–Trinajstić information content (AvgIpc) is 2.74. The quantitative estimate of drug-likeness (QED) is 0.775. The van der Waals surface area contributed by atoms with Crippen LogP contribution in [0.2, 0.25) is 0 Å². The molecule has 5 nitrogen and oxygen atoms in total. The summed E-state index contributed by atoms with van der Waals surface area (Å²) in [6.07, 6.45) is 0. The number of rotatable bonds is 2. The molecule has 0 aliphatic carbocycles. The SMILES string of the molecule is Cc1nn(C)c2nc(-c3ccccc3)cc(C(=O)O)c12. The zero-order valence-electron chi connectivity index (χ0n) is 11.2. The number of carbonyl (C=O) groups is 1. The maximum atomic E-state index is 11.5. The number of aromatic carboxylic acids is 1. The summed E-state index contributed by atoms with van der Waals surface area (Å²) in [6, 6.07) is 11.1. The van der Waals surface area contributed by atoms with Crippen molar-refractivity contribution < 1.29 is 9.90 Å². The van der Waals surface area contributed by atoms with Gasteiger partial charge in [0.15, 0.2) is 5.65 Å². The molecule has 0 radical (unpaired) electrons. The van der Waals surface area contributed by atoms with Crippen molar-refractivity contribution in [3.05, 3.63) is 47.7 Å². The minimum atomic E-state index is -0.967. The Kier molecular flexibility index (Phi) is 2.75. The van der Waals surface area contributed by atoms with E-state index in [1.165, 1.54) is 0 Å². The van der Waals surface area contributed by atoms with Crippen LogP contribution in [0.1, 0.15) is 16.1 Å². The molecular weight excluding hydrogens is 254 g/mol. The van der Waals surface area contributed by atoms with Crippen LogP contribution in [-0.4, -0.2) is 25.8 Å². The molecule has 3 aromatic rings. The first kappa shape index (κ1) is 12.3. The molecule has 0 fully saturated rings. The van der Waals surface area contributed by atoms with E-state index in [2.05, 4.69) is 10.1 Å². The summed E-state index contributed by atoms with van der Waals surface area (Å²) >= 11 is 0. The van der Waals surface area contributed by atoms with Crippen LogP contribution in [0.3, 0.4) is 0 Å². The lowest BCUT2D eigenvalue weighted by Crippen LogP contribution is -2.01. The molecular formula is C15H13N3O2. The van der Waals surface area contributed by atoms with Gasteiger partial charge in [-0.05, 0) is 13.0 Å². The van der Waals surface area contributed by atoms with E-state index in [1.54, 1.807) is 24.7 Å². The number of hydrogen-bond donors (Lipinski definition) is 1. The summed E-state index contributed by atoms with van der Waals surface area (Å²) in [4.78, 5) is 16.0. The molecule has 3 rings (SSSR count). The van der Waals surface area contributed by atoms with Crippen LogP contribution in [0.5, 0.6) is 0 Å². The Bertz CT molecular complexity index is 807. The smallest absolute Gasteiger partial charge is 0.336 e. The van der Waals surface area contributed by atoms with Crippen molar-refractivity contribution in [2.75, 3.05) is 0 Å². The van der Waals surface area contributed by atoms with Gasteiger partial charge >= 0.3 is 5.97 Å². The third-order valence-electron chi connectivity index (χ3n) is 3.27. The number of nitrogens with zero attached hydrogens (tertiary/aromatic N) is 3. The standard InChI is InChI=1S/C15H13N3O2/c1-9-13-11(15(19)20)8-12(10-6-4-3-5-7-10)16-14(13)18(2)17-9/h3-8H,1-2H3,(H,19,20). The number of hydrogen-bond acceptors (Lipinski definition) is 3. The first-order chi connectivity index (χ1) is 9.58. The van der Waals surface area contributed by atoms with Gasteiger partial charge in [0.25, 0.3) is 0 Å². The first-order valence-corrected chi connectivity index (χ1v) is 6.21. The molecule has 0 saturated carbocycles. The fourth-order valence-corrected chi connectivity index (χ4v) is 2.37. The molecule has 0 aliphatic rings. The van der Waals surface area contributed by atoms with Crippen LogP contribution in [0.25, 0.3) is 22.3 Å². The van der Waals surface area contributed by atoms with Gasteiger partial charge in [-0.15, -0.1) is 0 Å². The molecule has 0 spiro atoms. The van der Waals surface area contributed by atoms with Gasteiger partial charge in [-0.1, -0.05) is 30.3 Å². The highest BCUT2D eigenvalue weighted by Gasteiger charge is 2.18. The minimum absolute atomic E-state index is 0.236. The lowest BCUT2D eigenvalue weighted by atomic mass is 10.1. The molecule has 0 unspecified atom stereocenters. The van der Waals surface area contributed by atoms with Crippen molar-refractivity contribution in [1.29, 1.82) is 0 Å². The summed E-state index contributed by atoms with van der Waals surface area (Å²) in [5, 5.41) is 14.3. The van der Waals surface area contributed by atoms with Crippen LogP contribution in [0.15, 0.2) is 36.4 Å². The molecule has 5 heteroatoms. The zero-order chi connectivity index (χ0) is 14.3. The molecule has 0 saturated heterocycles. The van der Waals surface area contributed by atoms with Gasteiger partial charge in [-0.25, -0.2) is 9.78 Å². The average molecular weight is 267 g/mol. The van der Waals surface area contributed by atoms with E-state index in [0.717, 1.165) is 5.56 Å². The zero-order valence-corrected chi connectivity index (χ0v) is 11.2. The van der Waals surface area contributed by atoms with Crippen LogP contribution in [0, 0.1) is 6.92 Å². The molecule has 20 heavy (non-hydrogen) atoms. The fraction of sp³-hybridized carbons (Fsp3) is 0.133. The molecule has 0 amide bonds. The normalized spacial score (nSPS) is 10.9. The number of pyridine rings is 1. The highest BCUT2D eigenvalue weighted by atomic mass is 16.4. The third-order valence-corrected chi connectivity index (χ3v) is 3.27. The molecule has 1 N–H and O–H groups in total. The van der Waals surface area contributed by atoms with Crippen LogP contribution < -0.4 is 0 Å². The Morgan fingerprint density at radius 2 is 1.95 bits per heavy atom. The Balaban J connectivity index is 2.37. The second-order valence-electron chi connectivity index (χ2n) is 4.63. The molecule has 0 atom stereocenters. The van der Waals surface area contributed by atoms with Crippen molar-refractivity contribution >= 4 is 17.0 Å². The number of aromatic nitrogens is 3. The first-order valence-electron chi connectivity index (χ1n) is 6.21. The second-order valence-corrected chi connectivity index (χ2v) is 4.63. The predicted molar refractivity (Wildman–Crippen MR) is 75.6 cm³/mol. The summed E-state index contributed by atoms with van der Waals surface area (Å²) in [5.74, 6) is -0.967. The summed E-state index contributed by atoms with van der Waals surface area (Å²) in [5.41, 5.74) is 3.02. The van der Waals surface area contributed by atoms with E-state index in [9.17, 15) is 9.90 Å². The Morgan fingerprint density at radius 3 is 2.60 bits per heavy atom. The number of carboxylic acid groups (broad SMARTS) is 1. The van der Waals surface area contributed by atoms with Crippen molar-refractivity contribution in [2.45, 2.75) is 6.92 Å². The minimum Gasteiger partial charge on any atom is -0.478 e. The molecule has 2 heterocycles. The number of aryl methyl sites for hydroxylation is 2. The second kappa shape index (κ2) is 4.45. The number of fused-ring (bicyclic) bond motifs is 1. The highest BCUT2D eigenvalue weighted by molar-refractivity contribution is 6.04. The van der Waals surface area contributed by atoms with Crippen molar-refractivity contribution in [3.8, 4) is 11.3 Å². The van der Waals surface area contributed by atoms with Crippen molar-refractivity contribution in [1.82, 2.24) is 14.8 Å². The van der Waals surface area contributed by atoms with E-state index in [4.69, 9.17) is 0 Å². The molecule has 2 aromatic heterocycles. The van der Waals surface area contributed by atoms with E-state index in [-0.39, 0.29) is 5.56 Å². The summed E-state index contributed by atoms with van der Waals surface area (Å²) < 4.78 is 1.61. The van der Waals surface area contributed by atoms with Gasteiger partial charge in [-0.2, -0.15) is 5.10 Å². The van der Waals surface area contributed by atoms with Gasteiger partial charge in [0.2, 0.25) is 0 Å². The topological polar surface area (TPSA) is 68.0 Å². The fourth-order valence-electron chi connectivity index (χ4n) is 2.37. The van der Waals surface area contributed by atoms with Crippen LogP contribution in [0.4, 0.5) is 0 Å². The van der Waals surface area contributed by atoms with Gasteiger partial charge in [0, 0.05) is 12.6 Å². The Hall–Kier alpha value is -2.69. The van der Waals surface area contributed by atoms with Gasteiger partial charge in [-0.3, -0.25) is 4.68 Å². The predicted octanol–water partition coefficient (Wildman–Crippen LogP) is 2.64. The van der Waals surface area contributed by atoms with Crippen LogP contribution >= 0.6 is 0 Å². The van der Waals surface area contributed by atoms with Crippen molar-refractivity contribution in [3.63, 3.8) is 0 Å².